The third kappa shape index (κ3) is 3.31. The second-order valence-electron chi connectivity index (χ2n) is 6.41. The van der Waals surface area contributed by atoms with Gasteiger partial charge in [-0.2, -0.15) is 0 Å². The van der Waals surface area contributed by atoms with Crippen molar-refractivity contribution >= 4 is 17.0 Å². The van der Waals surface area contributed by atoms with Gasteiger partial charge in [0.15, 0.2) is 0 Å². The summed E-state index contributed by atoms with van der Waals surface area (Å²) in [5, 5.41) is 3.43. The lowest BCUT2D eigenvalue weighted by atomic mass is 10.1. The Bertz CT molecular complexity index is 772. The highest BCUT2D eigenvalue weighted by molar-refractivity contribution is 5.78. The first-order valence-electron chi connectivity index (χ1n) is 8.84. The minimum Gasteiger partial charge on any atom is -0.467 e. The number of rotatable bonds is 6. The molecule has 0 atom stereocenters. The molecule has 0 saturated carbocycles. The molecule has 1 saturated heterocycles. The van der Waals surface area contributed by atoms with Crippen molar-refractivity contribution < 1.29 is 4.42 Å². The first kappa shape index (κ1) is 15.3. The van der Waals surface area contributed by atoms with Crippen molar-refractivity contribution in [2.24, 2.45) is 0 Å². The molecule has 4 rings (SSSR count). The molecule has 126 valence electrons. The van der Waals surface area contributed by atoms with Gasteiger partial charge in [-0.15, -0.1) is 0 Å². The monoisotopic (exact) mass is 324 g/mol. The summed E-state index contributed by atoms with van der Waals surface area (Å²) in [5.41, 5.74) is 2.23. The molecule has 0 amide bonds. The van der Waals surface area contributed by atoms with Gasteiger partial charge in [-0.3, -0.25) is 0 Å². The molecular formula is C19H24N4O. The molecule has 2 aromatic heterocycles. The van der Waals surface area contributed by atoms with Gasteiger partial charge in [0, 0.05) is 13.1 Å². The van der Waals surface area contributed by atoms with Gasteiger partial charge in [-0.05, 0) is 50.2 Å². The molecule has 24 heavy (non-hydrogen) atoms. The van der Waals surface area contributed by atoms with E-state index in [9.17, 15) is 0 Å². The van der Waals surface area contributed by atoms with Gasteiger partial charge in [0.05, 0.1) is 23.8 Å². The SMILES string of the molecule is c1coc(CNc2nc3ccccc3n2CCN2CCCCC2)c1. The Kier molecular flexibility index (Phi) is 4.51. The standard InChI is InChI=1S/C19H24N4O/c1-4-10-22(11-5-1)12-13-23-18-9-3-2-8-17(18)21-19(23)20-15-16-7-6-14-24-16/h2-3,6-9,14H,1,4-5,10-13,15H2,(H,20,21). The van der Waals surface area contributed by atoms with E-state index in [1.165, 1.54) is 37.9 Å². The average molecular weight is 324 g/mol. The number of nitrogens with one attached hydrogen (secondary N) is 1. The Balaban J connectivity index is 1.53. The van der Waals surface area contributed by atoms with Crippen molar-refractivity contribution in [1.29, 1.82) is 0 Å². The van der Waals surface area contributed by atoms with Crippen LogP contribution in [-0.2, 0) is 13.1 Å². The lowest BCUT2D eigenvalue weighted by Gasteiger charge is -2.26. The zero-order valence-corrected chi connectivity index (χ0v) is 13.9. The van der Waals surface area contributed by atoms with Gasteiger partial charge in [-0.25, -0.2) is 4.98 Å². The van der Waals surface area contributed by atoms with E-state index in [0.29, 0.717) is 6.54 Å². The lowest BCUT2D eigenvalue weighted by molar-refractivity contribution is 0.222. The zero-order valence-electron chi connectivity index (χ0n) is 13.9. The van der Waals surface area contributed by atoms with Gasteiger partial charge in [-0.1, -0.05) is 18.6 Å². The maximum Gasteiger partial charge on any atom is 0.204 e. The van der Waals surface area contributed by atoms with Crippen LogP contribution in [0.3, 0.4) is 0 Å². The van der Waals surface area contributed by atoms with Crippen LogP contribution in [0.4, 0.5) is 5.95 Å². The summed E-state index contributed by atoms with van der Waals surface area (Å²) < 4.78 is 7.72. The molecule has 0 spiro atoms. The van der Waals surface area contributed by atoms with Crippen LogP contribution in [-0.4, -0.2) is 34.1 Å². The summed E-state index contributed by atoms with van der Waals surface area (Å²) in [6.07, 6.45) is 5.74. The van der Waals surface area contributed by atoms with Gasteiger partial charge in [0.2, 0.25) is 5.95 Å². The first-order valence-corrected chi connectivity index (χ1v) is 8.84. The number of furan rings is 1. The number of imidazole rings is 1. The van der Waals surface area contributed by atoms with E-state index in [0.717, 1.165) is 30.3 Å². The molecule has 1 aliphatic rings. The fourth-order valence-corrected chi connectivity index (χ4v) is 3.44. The number of aromatic nitrogens is 2. The smallest absolute Gasteiger partial charge is 0.204 e. The number of nitrogens with zero attached hydrogens (tertiary/aromatic N) is 3. The van der Waals surface area contributed by atoms with Gasteiger partial charge in [0.25, 0.3) is 0 Å². The van der Waals surface area contributed by atoms with Crippen LogP contribution in [0.25, 0.3) is 11.0 Å². The normalized spacial score (nSPS) is 15.8. The Morgan fingerprint density at radius 1 is 1.00 bits per heavy atom. The summed E-state index contributed by atoms with van der Waals surface area (Å²) in [4.78, 5) is 7.33. The maximum atomic E-state index is 5.42. The van der Waals surface area contributed by atoms with Crippen molar-refractivity contribution in [3.05, 3.63) is 48.4 Å². The summed E-state index contributed by atoms with van der Waals surface area (Å²) in [5.74, 6) is 1.84. The molecule has 3 aromatic rings. The van der Waals surface area contributed by atoms with Crippen LogP contribution in [0.2, 0.25) is 0 Å². The number of piperidine rings is 1. The summed E-state index contributed by atoms with van der Waals surface area (Å²) in [6, 6.07) is 12.2. The van der Waals surface area contributed by atoms with E-state index in [-0.39, 0.29) is 0 Å². The molecule has 0 bridgehead atoms. The van der Waals surface area contributed by atoms with E-state index in [1.54, 1.807) is 6.26 Å². The molecule has 1 aliphatic heterocycles. The number of fused-ring (bicyclic) bond motifs is 1. The Labute approximate surface area is 142 Å². The molecule has 0 unspecified atom stereocenters. The molecule has 0 aliphatic carbocycles. The predicted octanol–water partition coefficient (Wildman–Crippen LogP) is 3.73. The third-order valence-corrected chi connectivity index (χ3v) is 4.74. The molecule has 5 nitrogen and oxygen atoms in total. The van der Waals surface area contributed by atoms with Gasteiger partial charge >= 0.3 is 0 Å². The maximum absolute atomic E-state index is 5.42. The third-order valence-electron chi connectivity index (χ3n) is 4.74. The predicted molar refractivity (Wildman–Crippen MR) is 96.1 cm³/mol. The Morgan fingerprint density at radius 3 is 2.71 bits per heavy atom. The van der Waals surface area contributed by atoms with Crippen LogP contribution >= 0.6 is 0 Å². The van der Waals surface area contributed by atoms with Crippen LogP contribution in [0.1, 0.15) is 25.0 Å². The topological polar surface area (TPSA) is 46.2 Å². The van der Waals surface area contributed by atoms with Crippen LogP contribution in [0, 0.1) is 0 Å². The Morgan fingerprint density at radius 2 is 1.88 bits per heavy atom. The van der Waals surface area contributed by atoms with Crippen LogP contribution in [0.15, 0.2) is 47.1 Å². The quantitative estimate of drug-likeness (QED) is 0.750. The van der Waals surface area contributed by atoms with Crippen molar-refractivity contribution in [3.8, 4) is 0 Å². The van der Waals surface area contributed by atoms with Gasteiger partial charge in [0.1, 0.15) is 5.76 Å². The summed E-state index contributed by atoms with van der Waals surface area (Å²) in [7, 11) is 0. The minimum atomic E-state index is 0.653. The fourth-order valence-electron chi connectivity index (χ4n) is 3.44. The number of para-hydroxylation sites is 2. The minimum absolute atomic E-state index is 0.653. The van der Waals surface area contributed by atoms with Crippen molar-refractivity contribution in [2.75, 3.05) is 25.0 Å². The van der Waals surface area contributed by atoms with E-state index < -0.39 is 0 Å². The Hall–Kier alpha value is -2.27. The number of hydrogen-bond acceptors (Lipinski definition) is 4. The molecule has 0 radical (unpaired) electrons. The van der Waals surface area contributed by atoms with Crippen LogP contribution in [0.5, 0.6) is 0 Å². The van der Waals surface area contributed by atoms with Gasteiger partial charge < -0.3 is 19.2 Å². The molecule has 1 fully saturated rings. The second-order valence-corrected chi connectivity index (χ2v) is 6.41. The van der Waals surface area contributed by atoms with E-state index >= 15 is 0 Å². The van der Waals surface area contributed by atoms with E-state index in [1.807, 2.05) is 18.2 Å². The highest BCUT2D eigenvalue weighted by Crippen LogP contribution is 2.20. The molecule has 3 heterocycles. The van der Waals surface area contributed by atoms with E-state index in [2.05, 4.69) is 33.0 Å². The van der Waals surface area contributed by atoms with Crippen molar-refractivity contribution in [1.82, 2.24) is 14.5 Å². The first-order chi connectivity index (χ1) is 11.9. The summed E-state index contributed by atoms with van der Waals surface area (Å²) >= 11 is 0. The number of hydrogen-bond donors (Lipinski definition) is 1. The van der Waals surface area contributed by atoms with Crippen molar-refractivity contribution in [3.63, 3.8) is 0 Å². The largest absolute Gasteiger partial charge is 0.467 e. The highest BCUT2D eigenvalue weighted by Gasteiger charge is 2.14. The molecule has 1 N–H and O–H groups in total. The number of likely N-dealkylation sites (tertiary alicyclic amines) is 1. The van der Waals surface area contributed by atoms with E-state index in [4.69, 9.17) is 9.40 Å². The summed E-state index contributed by atoms with van der Waals surface area (Å²) in [6.45, 7) is 5.14. The van der Waals surface area contributed by atoms with Crippen molar-refractivity contribution in [2.45, 2.75) is 32.4 Å². The van der Waals surface area contributed by atoms with Crippen LogP contribution < -0.4 is 5.32 Å². The average Bonchev–Trinajstić information content (AvgIpc) is 3.26. The molecule has 1 aromatic carbocycles. The number of benzene rings is 1. The zero-order chi connectivity index (χ0) is 16.2. The highest BCUT2D eigenvalue weighted by atomic mass is 16.3. The fraction of sp³-hybridized carbons (Fsp3) is 0.421. The second kappa shape index (κ2) is 7.09. The lowest BCUT2D eigenvalue weighted by Crippen LogP contribution is -2.32. The number of anilines is 1. The molecular weight excluding hydrogens is 300 g/mol. The molecule has 5 heteroatoms.